The minimum Gasteiger partial charge on any atom is -0.497 e. The number of ether oxygens (including phenoxy) is 1. The molecule has 1 atom stereocenters. The second-order valence-corrected chi connectivity index (χ2v) is 9.10. The number of hydrogen-bond donors (Lipinski definition) is 1. The van der Waals surface area contributed by atoms with Crippen LogP contribution in [0, 0.1) is 6.92 Å². The van der Waals surface area contributed by atoms with Gasteiger partial charge in [0.2, 0.25) is 5.91 Å². The summed E-state index contributed by atoms with van der Waals surface area (Å²) >= 11 is 1.53. The lowest BCUT2D eigenvalue weighted by Gasteiger charge is -2.25. The number of hydrogen-bond acceptors (Lipinski definition) is 5. The van der Waals surface area contributed by atoms with Crippen molar-refractivity contribution in [3.8, 4) is 5.75 Å². The molecule has 2 aromatic carbocycles. The van der Waals surface area contributed by atoms with Gasteiger partial charge in [-0.3, -0.25) is 14.5 Å². The zero-order valence-electron chi connectivity index (χ0n) is 18.7. The van der Waals surface area contributed by atoms with E-state index in [2.05, 4.69) is 5.32 Å². The predicted octanol–water partition coefficient (Wildman–Crippen LogP) is 4.07. The molecule has 4 amide bonds. The summed E-state index contributed by atoms with van der Waals surface area (Å²) < 4.78 is 5.22. The number of carbonyl (C=O) groups excluding carboxylic acids is 3. The molecule has 2 heterocycles. The summed E-state index contributed by atoms with van der Waals surface area (Å²) in [6, 6.07) is 17.8. The molecule has 4 rings (SSSR count). The lowest BCUT2D eigenvalue weighted by atomic mass is 9.91. The van der Waals surface area contributed by atoms with Crippen LogP contribution in [0.15, 0.2) is 66.0 Å². The Bertz CT molecular complexity index is 1160. The third-order valence-electron chi connectivity index (χ3n) is 5.78. The highest BCUT2D eigenvalue weighted by Gasteiger charge is 2.49. The summed E-state index contributed by atoms with van der Waals surface area (Å²) in [4.78, 5) is 43.0. The number of thiophene rings is 1. The number of aryl methyl sites for hydroxylation is 1. The third kappa shape index (κ3) is 4.47. The van der Waals surface area contributed by atoms with E-state index in [4.69, 9.17) is 4.74 Å². The minimum atomic E-state index is -1.22. The molecule has 1 saturated heterocycles. The van der Waals surface area contributed by atoms with Gasteiger partial charge in [-0.2, -0.15) is 0 Å². The second-order valence-electron chi connectivity index (χ2n) is 8.07. The lowest BCUT2D eigenvalue weighted by molar-refractivity contribution is -0.134. The summed E-state index contributed by atoms with van der Waals surface area (Å²) in [5.41, 5.74) is 1.16. The van der Waals surface area contributed by atoms with Gasteiger partial charge in [0.25, 0.3) is 5.91 Å². The average Bonchev–Trinajstić information content (AvgIpc) is 3.40. The Morgan fingerprint density at radius 2 is 1.79 bits per heavy atom. The highest BCUT2D eigenvalue weighted by Crippen LogP contribution is 2.30. The van der Waals surface area contributed by atoms with Gasteiger partial charge >= 0.3 is 6.03 Å². The molecule has 8 heteroatoms. The molecule has 170 valence electrons. The fourth-order valence-electron chi connectivity index (χ4n) is 3.79. The van der Waals surface area contributed by atoms with Crippen LogP contribution in [0.3, 0.4) is 0 Å². The van der Waals surface area contributed by atoms with Gasteiger partial charge < -0.3 is 15.0 Å². The van der Waals surface area contributed by atoms with Crippen LogP contribution in [0.1, 0.15) is 22.9 Å². The Kier molecular flexibility index (Phi) is 6.20. The molecular weight excluding hydrogens is 438 g/mol. The molecule has 0 aliphatic carbocycles. The maximum Gasteiger partial charge on any atom is 0.325 e. The van der Waals surface area contributed by atoms with Crippen molar-refractivity contribution in [3.63, 3.8) is 0 Å². The van der Waals surface area contributed by atoms with E-state index in [0.717, 1.165) is 15.3 Å². The van der Waals surface area contributed by atoms with Gasteiger partial charge in [-0.1, -0.05) is 35.9 Å². The lowest BCUT2D eigenvalue weighted by Crippen LogP contribution is -2.44. The molecule has 1 aliphatic heterocycles. The summed E-state index contributed by atoms with van der Waals surface area (Å²) in [5.74, 6) is -0.133. The Balaban J connectivity index is 1.58. The van der Waals surface area contributed by atoms with Gasteiger partial charge in [0.05, 0.1) is 13.7 Å². The normalized spacial score (nSPS) is 17.7. The molecule has 3 aromatic rings. The van der Waals surface area contributed by atoms with E-state index in [1.165, 1.54) is 11.3 Å². The molecular formula is C25H25N3O4S. The topological polar surface area (TPSA) is 79.0 Å². The Hall–Kier alpha value is -3.65. The van der Waals surface area contributed by atoms with Crippen molar-refractivity contribution < 1.29 is 19.1 Å². The first-order valence-corrected chi connectivity index (χ1v) is 11.4. The van der Waals surface area contributed by atoms with E-state index in [-0.39, 0.29) is 12.5 Å². The zero-order valence-corrected chi connectivity index (χ0v) is 19.5. The van der Waals surface area contributed by atoms with Gasteiger partial charge in [-0.05, 0) is 55.1 Å². The van der Waals surface area contributed by atoms with Crippen molar-refractivity contribution in [2.24, 2.45) is 0 Å². The van der Waals surface area contributed by atoms with Crippen LogP contribution in [-0.4, -0.2) is 36.4 Å². The first kappa shape index (κ1) is 22.5. The highest BCUT2D eigenvalue weighted by molar-refractivity contribution is 7.09. The summed E-state index contributed by atoms with van der Waals surface area (Å²) in [6.45, 7) is 3.59. The van der Waals surface area contributed by atoms with Crippen molar-refractivity contribution in [1.82, 2.24) is 10.2 Å². The summed E-state index contributed by atoms with van der Waals surface area (Å²) in [7, 11) is 1.58. The Morgan fingerprint density at radius 3 is 2.39 bits per heavy atom. The van der Waals surface area contributed by atoms with Crippen LogP contribution < -0.4 is 15.0 Å². The van der Waals surface area contributed by atoms with Crippen LogP contribution in [-0.2, 0) is 21.7 Å². The van der Waals surface area contributed by atoms with Crippen molar-refractivity contribution in [1.29, 1.82) is 0 Å². The molecule has 1 aliphatic rings. The molecule has 1 fully saturated rings. The van der Waals surface area contributed by atoms with Gasteiger partial charge in [0.15, 0.2) is 0 Å². The maximum absolute atomic E-state index is 13.4. The minimum absolute atomic E-state index is 0.335. The van der Waals surface area contributed by atoms with Crippen LogP contribution >= 0.6 is 11.3 Å². The van der Waals surface area contributed by atoms with Gasteiger partial charge in [-0.15, -0.1) is 11.3 Å². The number of imide groups is 1. The predicted molar refractivity (Wildman–Crippen MR) is 127 cm³/mol. The summed E-state index contributed by atoms with van der Waals surface area (Å²) in [6.07, 6.45) is 0. The van der Waals surface area contributed by atoms with Crippen LogP contribution in [0.4, 0.5) is 10.5 Å². The number of amides is 4. The van der Waals surface area contributed by atoms with Crippen molar-refractivity contribution in [3.05, 3.63) is 82.0 Å². The molecule has 0 saturated carbocycles. The Labute approximate surface area is 196 Å². The van der Waals surface area contributed by atoms with Gasteiger partial charge in [0.1, 0.15) is 17.8 Å². The molecule has 7 nitrogen and oxygen atoms in total. The fraction of sp³-hybridized carbons (Fsp3) is 0.240. The average molecular weight is 464 g/mol. The van der Waals surface area contributed by atoms with Crippen molar-refractivity contribution in [2.75, 3.05) is 18.6 Å². The first-order valence-electron chi connectivity index (χ1n) is 10.5. The van der Waals surface area contributed by atoms with Crippen LogP contribution in [0.2, 0.25) is 0 Å². The number of nitrogens with one attached hydrogen (secondary N) is 1. The largest absolute Gasteiger partial charge is 0.497 e. The number of anilines is 1. The molecule has 33 heavy (non-hydrogen) atoms. The fourth-order valence-corrected chi connectivity index (χ4v) is 4.48. The highest BCUT2D eigenvalue weighted by atomic mass is 32.1. The number of urea groups is 1. The monoisotopic (exact) mass is 463 g/mol. The third-order valence-corrected chi connectivity index (χ3v) is 6.64. The number of rotatable bonds is 7. The first-order chi connectivity index (χ1) is 15.8. The summed E-state index contributed by atoms with van der Waals surface area (Å²) in [5, 5.41) is 4.70. The number of carbonyl (C=O) groups is 3. The number of benzene rings is 2. The maximum atomic E-state index is 13.4. The van der Waals surface area contributed by atoms with E-state index < -0.39 is 17.5 Å². The van der Waals surface area contributed by atoms with E-state index in [0.29, 0.717) is 23.5 Å². The molecule has 0 unspecified atom stereocenters. The van der Waals surface area contributed by atoms with Gasteiger partial charge in [0, 0.05) is 10.6 Å². The molecule has 0 spiro atoms. The Morgan fingerprint density at radius 1 is 1.09 bits per heavy atom. The molecule has 1 aromatic heterocycles. The van der Waals surface area contributed by atoms with Crippen LogP contribution in [0.5, 0.6) is 5.75 Å². The van der Waals surface area contributed by atoms with E-state index in [9.17, 15) is 14.4 Å². The van der Waals surface area contributed by atoms with Crippen molar-refractivity contribution >= 4 is 34.9 Å². The molecule has 0 bridgehead atoms. The second kappa shape index (κ2) is 9.07. The van der Waals surface area contributed by atoms with Crippen molar-refractivity contribution in [2.45, 2.75) is 25.9 Å². The SMILES string of the molecule is COc1ccc(N(Cc2cccs2)C(=O)CN2C(=O)N[C@@](C)(c3ccc(C)cc3)C2=O)cc1. The van der Waals surface area contributed by atoms with Crippen LogP contribution in [0.25, 0.3) is 0 Å². The zero-order chi connectivity index (χ0) is 23.6. The van der Waals surface area contributed by atoms with E-state index in [1.54, 1.807) is 43.2 Å². The number of methoxy groups -OCH3 is 1. The quantitative estimate of drug-likeness (QED) is 0.536. The van der Waals surface area contributed by atoms with E-state index >= 15 is 0 Å². The molecule has 0 radical (unpaired) electrons. The molecule has 1 N–H and O–H groups in total. The number of nitrogens with zero attached hydrogens (tertiary/aromatic N) is 2. The smallest absolute Gasteiger partial charge is 0.325 e. The van der Waals surface area contributed by atoms with Gasteiger partial charge in [-0.25, -0.2) is 4.79 Å². The van der Waals surface area contributed by atoms with E-state index in [1.807, 2.05) is 48.7 Å². The standard InChI is InChI=1S/C25H25N3O4S/c1-17-6-8-18(9-7-17)25(2)23(30)28(24(31)26-25)16-22(29)27(15-21-5-4-14-33-21)19-10-12-20(32-3)13-11-19/h4-14H,15-16H2,1-3H3,(H,26,31)/t25-/m0/s1.